The van der Waals surface area contributed by atoms with Gasteiger partial charge in [0.25, 0.3) is 10.0 Å². The van der Waals surface area contributed by atoms with Crippen LogP contribution in [0.2, 0.25) is 0 Å². The monoisotopic (exact) mass is 261 g/mol. The van der Waals surface area contributed by atoms with Crippen molar-refractivity contribution in [3.05, 3.63) is 17.5 Å². The number of rotatable bonds is 3. The molecule has 1 fully saturated rings. The van der Waals surface area contributed by atoms with Crippen LogP contribution in [0.25, 0.3) is 0 Å². The molecule has 1 aromatic rings. The third-order valence-electron chi connectivity index (χ3n) is 2.96. The van der Waals surface area contributed by atoms with Crippen LogP contribution in [0, 0.1) is 5.92 Å². The Balaban J connectivity index is 2.16. The summed E-state index contributed by atoms with van der Waals surface area (Å²) >= 11 is 1.23. The van der Waals surface area contributed by atoms with E-state index in [0.717, 1.165) is 6.42 Å². The average Bonchev–Trinajstić information content (AvgIpc) is 2.90. The quantitative estimate of drug-likeness (QED) is 0.887. The zero-order valence-electron chi connectivity index (χ0n) is 9.04. The third kappa shape index (κ3) is 2.15. The topological polar surface area (TPSA) is 57.6 Å². The Morgan fingerprint density at radius 1 is 1.62 bits per heavy atom. The standard InChI is InChI=1S/C10H15NO3S2/c1-8(12)9-4-5-11(7-9)16(13,14)10-3-2-6-15-10/h2-3,6,8-9,12H,4-5,7H2,1H3. The molecule has 1 N–H and O–H groups in total. The second-order valence-corrected chi connectivity index (χ2v) is 7.20. The molecule has 0 bridgehead atoms. The highest BCUT2D eigenvalue weighted by molar-refractivity contribution is 7.91. The van der Waals surface area contributed by atoms with E-state index in [1.807, 2.05) is 0 Å². The summed E-state index contributed by atoms with van der Waals surface area (Å²) in [6, 6.07) is 3.36. The summed E-state index contributed by atoms with van der Waals surface area (Å²) in [6.45, 7) is 2.65. The van der Waals surface area contributed by atoms with Crippen LogP contribution in [0.5, 0.6) is 0 Å². The molecule has 0 spiro atoms. The van der Waals surface area contributed by atoms with E-state index in [1.54, 1.807) is 24.4 Å². The van der Waals surface area contributed by atoms with E-state index in [1.165, 1.54) is 15.6 Å². The van der Waals surface area contributed by atoms with Gasteiger partial charge in [-0.05, 0) is 30.7 Å². The van der Waals surface area contributed by atoms with Crippen LogP contribution in [-0.4, -0.2) is 37.0 Å². The highest BCUT2D eigenvalue weighted by Crippen LogP contribution is 2.28. The fourth-order valence-electron chi connectivity index (χ4n) is 1.90. The maximum absolute atomic E-state index is 12.1. The van der Waals surface area contributed by atoms with E-state index in [9.17, 15) is 13.5 Å². The van der Waals surface area contributed by atoms with Crippen molar-refractivity contribution in [2.24, 2.45) is 5.92 Å². The van der Waals surface area contributed by atoms with Crippen LogP contribution in [0.4, 0.5) is 0 Å². The van der Waals surface area contributed by atoms with Crippen molar-refractivity contribution >= 4 is 21.4 Å². The second kappa shape index (κ2) is 4.44. The summed E-state index contributed by atoms with van der Waals surface area (Å²) < 4.78 is 26.1. The molecule has 0 aliphatic carbocycles. The minimum absolute atomic E-state index is 0.0646. The molecule has 2 heterocycles. The summed E-state index contributed by atoms with van der Waals surface area (Å²) in [4.78, 5) is 0. The molecule has 2 unspecified atom stereocenters. The predicted octanol–water partition coefficient (Wildman–Crippen LogP) is 1.14. The maximum Gasteiger partial charge on any atom is 0.252 e. The Bertz CT molecular complexity index is 439. The van der Waals surface area contributed by atoms with Crippen LogP contribution in [0.3, 0.4) is 0 Å². The van der Waals surface area contributed by atoms with Gasteiger partial charge in [-0.2, -0.15) is 4.31 Å². The fraction of sp³-hybridized carbons (Fsp3) is 0.600. The van der Waals surface area contributed by atoms with Gasteiger partial charge < -0.3 is 5.11 Å². The van der Waals surface area contributed by atoms with Gasteiger partial charge in [0.15, 0.2) is 0 Å². The first kappa shape index (κ1) is 12.0. The number of hydrogen-bond acceptors (Lipinski definition) is 4. The van der Waals surface area contributed by atoms with Gasteiger partial charge in [0.05, 0.1) is 6.10 Å². The van der Waals surface area contributed by atoms with Gasteiger partial charge in [-0.25, -0.2) is 8.42 Å². The summed E-state index contributed by atoms with van der Waals surface area (Å²) in [5.41, 5.74) is 0. The predicted molar refractivity (Wildman–Crippen MR) is 62.9 cm³/mol. The first-order valence-corrected chi connectivity index (χ1v) is 7.55. The summed E-state index contributed by atoms with van der Waals surface area (Å²) in [7, 11) is -3.32. The Morgan fingerprint density at radius 3 is 2.88 bits per heavy atom. The van der Waals surface area contributed by atoms with Crippen LogP contribution in [-0.2, 0) is 10.0 Å². The van der Waals surface area contributed by atoms with Gasteiger partial charge in [0.1, 0.15) is 4.21 Å². The van der Waals surface area contributed by atoms with Gasteiger partial charge in [-0.1, -0.05) is 6.07 Å². The molecule has 0 amide bonds. The number of aliphatic hydroxyl groups excluding tert-OH is 1. The van der Waals surface area contributed by atoms with E-state index < -0.39 is 16.1 Å². The zero-order valence-corrected chi connectivity index (χ0v) is 10.7. The van der Waals surface area contributed by atoms with Crippen LogP contribution >= 0.6 is 11.3 Å². The minimum Gasteiger partial charge on any atom is -0.393 e. The van der Waals surface area contributed by atoms with Gasteiger partial charge >= 0.3 is 0 Å². The number of aliphatic hydroxyl groups is 1. The third-order valence-corrected chi connectivity index (χ3v) is 6.20. The molecule has 0 radical (unpaired) electrons. The van der Waals surface area contributed by atoms with Crippen molar-refractivity contribution in [3.8, 4) is 0 Å². The zero-order chi connectivity index (χ0) is 11.8. The minimum atomic E-state index is -3.32. The molecule has 2 rings (SSSR count). The van der Waals surface area contributed by atoms with Crippen LogP contribution in [0.1, 0.15) is 13.3 Å². The Kier molecular flexibility index (Phi) is 3.34. The molecular formula is C10H15NO3S2. The van der Waals surface area contributed by atoms with Crippen molar-refractivity contribution < 1.29 is 13.5 Å². The number of sulfonamides is 1. The van der Waals surface area contributed by atoms with Crippen molar-refractivity contribution in [2.75, 3.05) is 13.1 Å². The lowest BCUT2D eigenvalue weighted by Gasteiger charge is -2.16. The molecule has 1 aliphatic heterocycles. The van der Waals surface area contributed by atoms with E-state index in [4.69, 9.17) is 0 Å². The van der Waals surface area contributed by atoms with Crippen molar-refractivity contribution in [1.82, 2.24) is 4.31 Å². The van der Waals surface area contributed by atoms with Gasteiger partial charge in [0.2, 0.25) is 0 Å². The number of thiophene rings is 1. The number of hydrogen-bond donors (Lipinski definition) is 1. The van der Waals surface area contributed by atoms with Crippen LogP contribution < -0.4 is 0 Å². The first-order valence-electron chi connectivity index (χ1n) is 5.23. The number of nitrogens with zero attached hydrogens (tertiary/aromatic N) is 1. The lowest BCUT2D eigenvalue weighted by molar-refractivity contribution is 0.133. The van der Waals surface area contributed by atoms with Gasteiger partial charge in [-0.15, -0.1) is 11.3 Å². The smallest absolute Gasteiger partial charge is 0.252 e. The highest BCUT2D eigenvalue weighted by atomic mass is 32.2. The molecule has 90 valence electrons. The van der Waals surface area contributed by atoms with Gasteiger partial charge in [0, 0.05) is 13.1 Å². The SMILES string of the molecule is CC(O)C1CCN(S(=O)(=O)c2cccs2)C1. The molecule has 0 aromatic carbocycles. The largest absolute Gasteiger partial charge is 0.393 e. The fourth-order valence-corrected chi connectivity index (χ4v) is 4.56. The van der Waals surface area contributed by atoms with E-state index in [2.05, 4.69) is 0 Å². The summed E-state index contributed by atoms with van der Waals surface area (Å²) in [5, 5.41) is 11.2. The van der Waals surface area contributed by atoms with E-state index >= 15 is 0 Å². The molecule has 16 heavy (non-hydrogen) atoms. The molecule has 1 aliphatic rings. The second-order valence-electron chi connectivity index (χ2n) is 4.08. The first-order chi connectivity index (χ1) is 7.51. The lowest BCUT2D eigenvalue weighted by Crippen LogP contribution is -2.30. The Hall–Kier alpha value is -0.430. The molecule has 6 heteroatoms. The van der Waals surface area contributed by atoms with E-state index in [0.29, 0.717) is 17.3 Å². The summed E-state index contributed by atoms with van der Waals surface area (Å²) in [6.07, 6.45) is 0.297. The molecular weight excluding hydrogens is 246 g/mol. The molecule has 4 nitrogen and oxygen atoms in total. The highest BCUT2D eigenvalue weighted by Gasteiger charge is 2.34. The molecule has 1 aromatic heterocycles. The normalized spacial score (nSPS) is 24.8. The van der Waals surface area contributed by atoms with Crippen molar-refractivity contribution in [3.63, 3.8) is 0 Å². The molecule has 2 atom stereocenters. The van der Waals surface area contributed by atoms with Crippen LogP contribution in [0.15, 0.2) is 21.7 Å². The molecule has 1 saturated heterocycles. The molecule has 0 saturated carbocycles. The van der Waals surface area contributed by atoms with Crippen molar-refractivity contribution in [1.29, 1.82) is 0 Å². The van der Waals surface area contributed by atoms with Crippen molar-refractivity contribution in [2.45, 2.75) is 23.7 Å². The lowest BCUT2D eigenvalue weighted by atomic mass is 10.0. The summed E-state index contributed by atoms with van der Waals surface area (Å²) in [5.74, 6) is 0.0646. The Morgan fingerprint density at radius 2 is 2.38 bits per heavy atom. The van der Waals surface area contributed by atoms with E-state index in [-0.39, 0.29) is 5.92 Å². The Labute approximate surface area is 99.6 Å². The van der Waals surface area contributed by atoms with Gasteiger partial charge in [-0.3, -0.25) is 0 Å². The maximum atomic E-state index is 12.1. The average molecular weight is 261 g/mol.